The Labute approximate surface area is 114 Å². The number of aliphatic hydroxyl groups is 1. The lowest BCUT2D eigenvalue weighted by molar-refractivity contribution is 0.0116. The lowest BCUT2D eigenvalue weighted by Crippen LogP contribution is -2.40. The van der Waals surface area contributed by atoms with Gasteiger partial charge in [0, 0.05) is 15.6 Å². The lowest BCUT2D eigenvalue weighted by atomic mass is 9.79. The maximum Gasteiger partial charge on any atom is 0.194 e. The second-order valence-corrected chi connectivity index (χ2v) is 5.63. The average Bonchev–Trinajstić information content (AvgIpc) is 2.38. The molecule has 96 valence electrons. The fourth-order valence-electron chi connectivity index (χ4n) is 2.40. The van der Waals surface area contributed by atoms with E-state index in [4.69, 9.17) is 0 Å². The van der Waals surface area contributed by atoms with Gasteiger partial charge in [0.15, 0.2) is 12.1 Å². The van der Waals surface area contributed by atoms with Crippen LogP contribution in [0.25, 0.3) is 0 Å². The van der Waals surface area contributed by atoms with Gasteiger partial charge in [-0.2, -0.15) is 0 Å². The van der Waals surface area contributed by atoms with Crippen molar-refractivity contribution in [3.05, 3.63) is 33.8 Å². The van der Waals surface area contributed by atoms with Crippen molar-refractivity contribution in [2.75, 3.05) is 0 Å². The summed E-state index contributed by atoms with van der Waals surface area (Å²) in [6.45, 7) is 0. The Morgan fingerprint density at radius 1 is 1.28 bits per heavy atom. The van der Waals surface area contributed by atoms with Crippen molar-refractivity contribution in [2.45, 2.75) is 37.7 Å². The molecule has 2 rings (SSSR count). The number of halogens is 1. The number of aldehydes is 1. The molecule has 1 saturated carbocycles. The molecular formula is C14H15BrO3. The van der Waals surface area contributed by atoms with E-state index < -0.39 is 5.60 Å². The molecule has 0 aromatic heterocycles. The van der Waals surface area contributed by atoms with E-state index in [1.807, 2.05) is 0 Å². The molecule has 18 heavy (non-hydrogen) atoms. The van der Waals surface area contributed by atoms with Gasteiger partial charge in [0.05, 0.1) is 0 Å². The summed E-state index contributed by atoms with van der Waals surface area (Å²) in [4.78, 5) is 23.0. The van der Waals surface area contributed by atoms with E-state index in [2.05, 4.69) is 15.9 Å². The van der Waals surface area contributed by atoms with Gasteiger partial charge in [-0.05, 0) is 25.0 Å². The van der Waals surface area contributed by atoms with E-state index in [0.717, 1.165) is 25.5 Å². The van der Waals surface area contributed by atoms with Gasteiger partial charge in [-0.15, -0.1) is 0 Å². The van der Waals surface area contributed by atoms with Crippen molar-refractivity contribution < 1.29 is 14.7 Å². The third kappa shape index (κ3) is 2.54. The van der Waals surface area contributed by atoms with Crippen molar-refractivity contribution in [3.63, 3.8) is 0 Å². The summed E-state index contributed by atoms with van der Waals surface area (Å²) in [5, 5.41) is 10.4. The fraction of sp³-hybridized carbons (Fsp3) is 0.429. The quantitative estimate of drug-likeness (QED) is 0.689. The molecule has 4 heteroatoms. The van der Waals surface area contributed by atoms with Crippen molar-refractivity contribution in [2.24, 2.45) is 0 Å². The molecule has 1 fully saturated rings. The maximum absolute atomic E-state index is 12.3. The van der Waals surface area contributed by atoms with Crippen LogP contribution in [0.3, 0.4) is 0 Å². The number of carbonyl (C=O) groups excluding carboxylic acids is 2. The minimum Gasteiger partial charge on any atom is -0.382 e. The van der Waals surface area contributed by atoms with Crippen LogP contribution in [0.2, 0.25) is 0 Å². The van der Waals surface area contributed by atoms with E-state index >= 15 is 0 Å². The SMILES string of the molecule is O=Cc1ccc(C(=O)C2(O)CCCCC2)cc1Br. The zero-order chi connectivity index (χ0) is 13.2. The van der Waals surface area contributed by atoms with E-state index in [1.165, 1.54) is 0 Å². The monoisotopic (exact) mass is 310 g/mol. The summed E-state index contributed by atoms with van der Waals surface area (Å²) in [6.07, 6.45) is 4.63. The first-order valence-corrected chi connectivity index (χ1v) is 6.88. The topological polar surface area (TPSA) is 54.4 Å². The van der Waals surface area contributed by atoms with Crippen molar-refractivity contribution in [3.8, 4) is 0 Å². The number of benzene rings is 1. The molecule has 1 aromatic rings. The molecule has 0 spiro atoms. The molecule has 0 saturated heterocycles. The number of hydrogen-bond acceptors (Lipinski definition) is 3. The van der Waals surface area contributed by atoms with Crippen molar-refractivity contribution >= 4 is 28.0 Å². The Morgan fingerprint density at radius 2 is 1.94 bits per heavy atom. The van der Waals surface area contributed by atoms with Crippen LogP contribution < -0.4 is 0 Å². The van der Waals surface area contributed by atoms with Crippen LogP contribution in [0.1, 0.15) is 52.8 Å². The van der Waals surface area contributed by atoms with Gasteiger partial charge in [-0.3, -0.25) is 9.59 Å². The molecule has 0 radical (unpaired) electrons. The smallest absolute Gasteiger partial charge is 0.194 e. The molecule has 1 N–H and O–H groups in total. The Balaban J connectivity index is 2.28. The molecule has 0 aliphatic heterocycles. The van der Waals surface area contributed by atoms with Gasteiger partial charge in [-0.25, -0.2) is 0 Å². The molecule has 1 aliphatic carbocycles. The first kappa shape index (κ1) is 13.4. The Hall–Kier alpha value is -1.00. The zero-order valence-electron chi connectivity index (χ0n) is 9.99. The second-order valence-electron chi connectivity index (χ2n) is 4.78. The van der Waals surface area contributed by atoms with Crippen LogP contribution in [0.15, 0.2) is 22.7 Å². The number of ketones is 1. The van der Waals surface area contributed by atoms with E-state index in [0.29, 0.717) is 28.4 Å². The van der Waals surface area contributed by atoms with E-state index in [9.17, 15) is 14.7 Å². The molecule has 0 amide bonds. The summed E-state index contributed by atoms with van der Waals surface area (Å²) in [5.41, 5.74) is -0.264. The lowest BCUT2D eigenvalue weighted by Gasteiger charge is -2.30. The van der Waals surface area contributed by atoms with Gasteiger partial charge in [0.25, 0.3) is 0 Å². The molecule has 0 bridgehead atoms. The average molecular weight is 311 g/mol. The summed E-state index contributed by atoms with van der Waals surface area (Å²) in [6, 6.07) is 4.80. The van der Waals surface area contributed by atoms with Gasteiger partial charge >= 0.3 is 0 Å². The molecule has 0 atom stereocenters. The van der Waals surface area contributed by atoms with Crippen LogP contribution in [0.4, 0.5) is 0 Å². The van der Waals surface area contributed by atoms with Gasteiger partial charge in [0.1, 0.15) is 5.60 Å². The van der Waals surface area contributed by atoms with Gasteiger partial charge in [0.2, 0.25) is 0 Å². The predicted octanol–water partition coefficient (Wildman–Crippen LogP) is 3.14. The highest BCUT2D eigenvalue weighted by Gasteiger charge is 2.37. The molecular weight excluding hydrogens is 296 g/mol. The van der Waals surface area contributed by atoms with Crippen LogP contribution in [-0.2, 0) is 0 Å². The van der Waals surface area contributed by atoms with Gasteiger partial charge < -0.3 is 5.11 Å². The number of carbonyl (C=O) groups is 2. The van der Waals surface area contributed by atoms with E-state index in [1.54, 1.807) is 18.2 Å². The van der Waals surface area contributed by atoms with Crippen molar-refractivity contribution in [1.82, 2.24) is 0 Å². The van der Waals surface area contributed by atoms with Crippen molar-refractivity contribution in [1.29, 1.82) is 0 Å². The predicted molar refractivity (Wildman–Crippen MR) is 71.9 cm³/mol. The fourth-order valence-corrected chi connectivity index (χ4v) is 2.87. The number of rotatable bonds is 3. The number of hydrogen-bond donors (Lipinski definition) is 1. The normalized spacial score (nSPS) is 18.3. The summed E-state index contributed by atoms with van der Waals surface area (Å²) < 4.78 is 0.586. The molecule has 0 unspecified atom stereocenters. The highest BCUT2D eigenvalue weighted by atomic mass is 79.9. The van der Waals surface area contributed by atoms with E-state index in [-0.39, 0.29) is 5.78 Å². The van der Waals surface area contributed by atoms with Gasteiger partial charge in [-0.1, -0.05) is 41.3 Å². The first-order chi connectivity index (χ1) is 8.57. The Kier molecular flexibility index (Phi) is 3.97. The van der Waals surface area contributed by atoms with Crippen LogP contribution in [0.5, 0.6) is 0 Å². The molecule has 1 aromatic carbocycles. The summed E-state index contributed by atoms with van der Waals surface area (Å²) in [7, 11) is 0. The maximum atomic E-state index is 12.3. The summed E-state index contributed by atoms with van der Waals surface area (Å²) >= 11 is 3.25. The van der Waals surface area contributed by atoms with Crippen LogP contribution >= 0.6 is 15.9 Å². The largest absolute Gasteiger partial charge is 0.382 e. The first-order valence-electron chi connectivity index (χ1n) is 6.09. The zero-order valence-corrected chi connectivity index (χ0v) is 11.6. The van der Waals surface area contributed by atoms with Crippen LogP contribution in [0, 0.1) is 0 Å². The molecule has 0 heterocycles. The standard InChI is InChI=1S/C14H15BrO3/c15-12-8-10(4-5-11(12)9-16)13(17)14(18)6-2-1-3-7-14/h4-5,8-9,18H,1-3,6-7H2. The molecule has 3 nitrogen and oxygen atoms in total. The Bertz CT molecular complexity index is 476. The number of Topliss-reactive ketones (excluding diaryl/α,β-unsaturated/α-hetero) is 1. The third-order valence-electron chi connectivity index (χ3n) is 3.49. The van der Waals surface area contributed by atoms with Crippen LogP contribution in [-0.4, -0.2) is 22.8 Å². The highest BCUT2D eigenvalue weighted by Crippen LogP contribution is 2.32. The minimum absolute atomic E-state index is 0.236. The third-order valence-corrected chi connectivity index (χ3v) is 4.18. The second kappa shape index (κ2) is 5.33. The highest BCUT2D eigenvalue weighted by molar-refractivity contribution is 9.10. The minimum atomic E-state index is -1.22. The molecule has 1 aliphatic rings. The summed E-state index contributed by atoms with van der Waals surface area (Å²) in [5.74, 6) is -0.236. The Morgan fingerprint density at radius 3 is 2.50 bits per heavy atom.